The van der Waals surface area contributed by atoms with E-state index < -0.39 is 0 Å². The van der Waals surface area contributed by atoms with Gasteiger partial charge in [-0.15, -0.1) is 0 Å². The van der Waals surface area contributed by atoms with Crippen molar-refractivity contribution >= 4 is 79.7 Å². The number of hydrogen-bond donors (Lipinski definition) is 0. The smallest absolute Gasteiger partial charge is 0.225 e. The molecule has 0 aliphatic rings. The van der Waals surface area contributed by atoms with Crippen LogP contribution >= 0.6 is 57.4 Å². The second-order valence-electron chi connectivity index (χ2n) is 5.18. The van der Waals surface area contributed by atoms with Gasteiger partial charge in [-0.25, -0.2) is 24.9 Å². The third-order valence-electron chi connectivity index (χ3n) is 3.58. The van der Waals surface area contributed by atoms with Gasteiger partial charge in [0.2, 0.25) is 5.28 Å². The maximum atomic E-state index is 6.21. The average molecular weight is 522 g/mol. The van der Waals surface area contributed by atoms with E-state index in [2.05, 4.69) is 29.9 Å². The van der Waals surface area contributed by atoms with Gasteiger partial charge in [-0.3, -0.25) is 0 Å². The minimum absolute atomic E-state index is 0.0732. The molecule has 0 aliphatic heterocycles. The fourth-order valence-electron chi connectivity index (χ4n) is 2.47. The Labute approximate surface area is 175 Å². The molecule has 0 atom stereocenters. The van der Waals surface area contributed by atoms with Crippen LogP contribution in [0.3, 0.4) is 0 Å². The zero-order valence-electron chi connectivity index (χ0n) is 12.8. The van der Waals surface area contributed by atoms with Crippen LogP contribution in [0, 0.1) is 3.83 Å². The summed E-state index contributed by atoms with van der Waals surface area (Å²) in [5.74, 6) is 0. The van der Waals surface area contributed by atoms with Crippen molar-refractivity contribution < 1.29 is 0 Å². The molecule has 4 rings (SSSR count). The fraction of sp³-hybridized carbons (Fsp3) is 0.143. The van der Waals surface area contributed by atoms with Crippen LogP contribution in [-0.2, 0) is 13.1 Å². The van der Waals surface area contributed by atoms with Crippen molar-refractivity contribution in [1.82, 2.24) is 39.0 Å². The number of rotatable bonds is 4. The minimum atomic E-state index is 0.0732. The summed E-state index contributed by atoms with van der Waals surface area (Å²) in [6.45, 7) is 1.12. The second-order valence-corrected chi connectivity index (χ2v) is 7.20. The summed E-state index contributed by atoms with van der Waals surface area (Å²) in [5.41, 5.74) is 2.38. The highest BCUT2D eigenvalue weighted by molar-refractivity contribution is 14.1. The SMILES string of the molecule is Clc1nc(Cl)c2c(ncn2C/C=C/Cn2cnc3nc(I)nc(Cl)c32)n1. The van der Waals surface area contributed by atoms with Gasteiger partial charge in [-0.1, -0.05) is 35.4 Å². The molecular weight excluding hydrogens is 513 g/mol. The summed E-state index contributed by atoms with van der Waals surface area (Å²) in [6.07, 6.45) is 7.28. The van der Waals surface area contributed by atoms with E-state index in [-0.39, 0.29) is 10.4 Å². The Kier molecular flexibility index (Phi) is 4.95. The summed E-state index contributed by atoms with van der Waals surface area (Å²) in [4.78, 5) is 24.9. The Morgan fingerprint density at radius 2 is 1.35 bits per heavy atom. The molecule has 0 amide bonds. The maximum absolute atomic E-state index is 6.21. The number of imidazole rings is 2. The molecule has 8 nitrogen and oxygen atoms in total. The number of allylic oxidation sites excluding steroid dienone is 2. The van der Waals surface area contributed by atoms with Crippen molar-refractivity contribution in [2.45, 2.75) is 13.1 Å². The molecule has 0 spiro atoms. The van der Waals surface area contributed by atoms with E-state index in [0.29, 0.717) is 44.4 Å². The monoisotopic (exact) mass is 520 g/mol. The molecule has 26 heavy (non-hydrogen) atoms. The van der Waals surface area contributed by atoms with Gasteiger partial charge in [0.05, 0.1) is 12.7 Å². The molecule has 12 heteroatoms. The zero-order valence-corrected chi connectivity index (χ0v) is 17.2. The topological polar surface area (TPSA) is 87.2 Å². The highest BCUT2D eigenvalue weighted by Crippen LogP contribution is 2.22. The molecule has 4 heterocycles. The first-order valence-corrected chi connectivity index (χ1v) is 9.47. The van der Waals surface area contributed by atoms with E-state index in [1.807, 2.05) is 43.9 Å². The summed E-state index contributed by atoms with van der Waals surface area (Å²) in [5, 5.41) is 0.723. The molecule has 0 N–H and O–H groups in total. The summed E-state index contributed by atoms with van der Waals surface area (Å²) >= 11 is 20.1. The molecule has 132 valence electrons. The summed E-state index contributed by atoms with van der Waals surface area (Å²) in [6, 6.07) is 0. The highest BCUT2D eigenvalue weighted by atomic mass is 127. The molecule has 0 aromatic carbocycles. The van der Waals surface area contributed by atoms with E-state index in [1.165, 1.54) is 0 Å². The van der Waals surface area contributed by atoms with Crippen LogP contribution in [0.5, 0.6) is 0 Å². The van der Waals surface area contributed by atoms with E-state index >= 15 is 0 Å². The zero-order chi connectivity index (χ0) is 18.3. The largest absolute Gasteiger partial charge is 0.323 e. The van der Waals surface area contributed by atoms with Crippen molar-refractivity contribution in [2.75, 3.05) is 0 Å². The third kappa shape index (κ3) is 3.36. The van der Waals surface area contributed by atoms with Crippen LogP contribution in [0.15, 0.2) is 24.8 Å². The van der Waals surface area contributed by atoms with E-state index in [9.17, 15) is 0 Å². The van der Waals surface area contributed by atoms with Gasteiger partial charge >= 0.3 is 0 Å². The molecule has 0 saturated carbocycles. The van der Waals surface area contributed by atoms with Crippen LogP contribution < -0.4 is 0 Å². The summed E-state index contributed by atoms with van der Waals surface area (Å²) < 4.78 is 4.29. The average Bonchev–Trinajstić information content (AvgIpc) is 3.15. The van der Waals surface area contributed by atoms with Crippen LogP contribution in [0.25, 0.3) is 22.3 Å². The van der Waals surface area contributed by atoms with Gasteiger partial charge in [0, 0.05) is 35.7 Å². The van der Waals surface area contributed by atoms with Gasteiger partial charge in [0.15, 0.2) is 25.4 Å². The number of fused-ring (bicyclic) bond motifs is 2. The number of halogens is 4. The minimum Gasteiger partial charge on any atom is -0.323 e. The van der Waals surface area contributed by atoms with Gasteiger partial charge in [0.1, 0.15) is 11.0 Å². The van der Waals surface area contributed by atoms with Crippen molar-refractivity contribution in [1.29, 1.82) is 0 Å². The molecule has 4 aromatic heterocycles. The Balaban J connectivity index is 1.54. The van der Waals surface area contributed by atoms with E-state index in [0.717, 1.165) is 0 Å². The molecule has 4 aromatic rings. The lowest BCUT2D eigenvalue weighted by atomic mass is 10.4. The molecule has 0 saturated heterocycles. The van der Waals surface area contributed by atoms with Gasteiger partial charge in [0.25, 0.3) is 0 Å². The Hall–Kier alpha value is -1.56. The molecule has 0 aliphatic carbocycles. The van der Waals surface area contributed by atoms with Crippen LogP contribution in [0.1, 0.15) is 0 Å². The van der Waals surface area contributed by atoms with Crippen molar-refractivity contribution in [2.24, 2.45) is 0 Å². The molecule has 0 fully saturated rings. The predicted octanol–water partition coefficient (Wildman–Crippen LogP) is 3.79. The lowest BCUT2D eigenvalue weighted by molar-refractivity contribution is 0.815. The van der Waals surface area contributed by atoms with Crippen molar-refractivity contribution in [3.05, 3.63) is 44.2 Å². The second kappa shape index (κ2) is 7.22. The Morgan fingerprint density at radius 1 is 0.808 bits per heavy atom. The van der Waals surface area contributed by atoms with E-state index in [4.69, 9.17) is 34.8 Å². The summed E-state index contributed by atoms with van der Waals surface area (Å²) in [7, 11) is 0. The highest BCUT2D eigenvalue weighted by Gasteiger charge is 2.11. The lowest BCUT2D eigenvalue weighted by Crippen LogP contribution is -1.98. The number of nitrogens with zero attached hydrogens (tertiary/aromatic N) is 8. The third-order valence-corrected chi connectivity index (χ3v) is 4.75. The number of hydrogen-bond acceptors (Lipinski definition) is 6. The first-order valence-electron chi connectivity index (χ1n) is 7.25. The molecule has 0 radical (unpaired) electrons. The predicted molar refractivity (Wildman–Crippen MR) is 108 cm³/mol. The molecule has 0 bridgehead atoms. The maximum Gasteiger partial charge on any atom is 0.225 e. The normalized spacial score (nSPS) is 12.0. The van der Waals surface area contributed by atoms with Crippen LogP contribution in [-0.4, -0.2) is 39.0 Å². The fourth-order valence-corrected chi connectivity index (χ4v) is 3.84. The van der Waals surface area contributed by atoms with Crippen LogP contribution in [0.2, 0.25) is 15.6 Å². The first-order chi connectivity index (χ1) is 12.5. The van der Waals surface area contributed by atoms with Gasteiger partial charge in [-0.2, -0.15) is 4.98 Å². The number of aromatic nitrogens is 8. The van der Waals surface area contributed by atoms with Crippen LogP contribution in [0.4, 0.5) is 0 Å². The van der Waals surface area contributed by atoms with Crippen molar-refractivity contribution in [3.8, 4) is 0 Å². The molecular formula is C14H8Cl3IN8. The Bertz CT molecular complexity index is 1060. The van der Waals surface area contributed by atoms with Gasteiger partial charge < -0.3 is 9.13 Å². The van der Waals surface area contributed by atoms with Crippen molar-refractivity contribution in [3.63, 3.8) is 0 Å². The standard InChI is InChI=1S/C14H8Cl3IN8/c15-9-7-11(23-13(17)21-9)19-5-25(7)3-1-2-4-26-6-20-12-8(26)10(16)22-14(18)24-12/h1-2,5-6H,3-4H2/b2-1+. The quantitative estimate of drug-likeness (QED) is 0.176. The lowest BCUT2D eigenvalue weighted by Gasteiger charge is -2.03. The van der Waals surface area contributed by atoms with Gasteiger partial charge in [-0.05, 0) is 11.6 Å². The van der Waals surface area contributed by atoms with E-state index in [1.54, 1.807) is 12.7 Å². The Morgan fingerprint density at radius 3 is 1.96 bits per heavy atom. The molecule has 0 unspecified atom stereocenters. The first kappa shape index (κ1) is 17.8.